The Labute approximate surface area is 198 Å². The number of aliphatic hydroxyl groups excluding tert-OH is 2. The second kappa shape index (κ2) is 10.0. The van der Waals surface area contributed by atoms with Crippen molar-refractivity contribution >= 4 is 24.8 Å². The third kappa shape index (κ3) is 5.49. The Morgan fingerprint density at radius 3 is 2.65 bits per heavy atom. The van der Waals surface area contributed by atoms with E-state index >= 15 is 0 Å². The molecule has 1 aromatic carbocycles. The molecule has 5 atom stereocenters. The van der Waals surface area contributed by atoms with Crippen LogP contribution in [0.1, 0.15) is 11.8 Å². The van der Waals surface area contributed by atoms with E-state index in [-0.39, 0.29) is 29.6 Å². The van der Waals surface area contributed by atoms with Gasteiger partial charge in [0.05, 0.1) is 12.9 Å². The zero-order chi connectivity index (χ0) is 21.3. The van der Waals surface area contributed by atoms with Gasteiger partial charge in [-0.25, -0.2) is 15.0 Å². The summed E-state index contributed by atoms with van der Waals surface area (Å²) in [4.78, 5) is 32.2. The first-order chi connectivity index (χ1) is 14.3. The van der Waals surface area contributed by atoms with Gasteiger partial charge in [0.1, 0.15) is 24.6 Å². The van der Waals surface area contributed by atoms with Crippen molar-refractivity contribution in [1.82, 2.24) is 19.5 Å². The van der Waals surface area contributed by atoms with Crippen LogP contribution in [0.3, 0.4) is 0 Å². The fraction of sp³-hybridized carbons (Fsp3) is 0.353. The largest absolute Gasteiger partial charge is 1.00 e. The van der Waals surface area contributed by atoms with Crippen molar-refractivity contribution in [3.8, 4) is 0 Å². The molecular weight excluding hydrogens is 440 g/mol. The Bertz CT molecular complexity index is 1070. The Balaban J connectivity index is 0.00000272. The number of aromatic nitrogens is 4. The number of hydrogen-bond acceptors (Lipinski definition) is 10. The maximum Gasteiger partial charge on any atom is 1.00 e. The van der Waals surface area contributed by atoms with Gasteiger partial charge in [-0.1, -0.05) is 30.3 Å². The number of fused-ring (bicyclic) bond motifs is 1. The van der Waals surface area contributed by atoms with Crippen LogP contribution in [-0.2, 0) is 20.4 Å². The molecule has 0 radical (unpaired) electrons. The van der Waals surface area contributed by atoms with Crippen molar-refractivity contribution in [3.63, 3.8) is 0 Å². The molecule has 1 unspecified atom stereocenters. The van der Waals surface area contributed by atoms with Crippen LogP contribution in [-0.4, -0.2) is 59.5 Å². The summed E-state index contributed by atoms with van der Waals surface area (Å²) in [5.74, 6) is 0.475. The molecule has 4 N–H and O–H groups in total. The van der Waals surface area contributed by atoms with Crippen molar-refractivity contribution < 1.29 is 63.4 Å². The minimum atomic E-state index is -4.99. The predicted molar refractivity (Wildman–Crippen MR) is 101 cm³/mol. The zero-order valence-corrected chi connectivity index (χ0v) is 19.4. The van der Waals surface area contributed by atoms with E-state index in [1.54, 1.807) is 0 Å². The molecule has 0 aliphatic carbocycles. The molecule has 2 aromatic heterocycles. The maximum atomic E-state index is 10.8. The van der Waals surface area contributed by atoms with Gasteiger partial charge in [0, 0.05) is 6.54 Å². The molecule has 14 heteroatoms. The van der Waals surface area contributed by atoms with Crippen molar-refractivity contribution in [2.75, 3.05) is 11.9 Å². The van der Waals surface area contributed by atoms with Crippen molar-refractivity contribution in [2.24, 2.45) is 0 Å². The monoisotopic (exact) mass is 459 g/mol. The number of nitrogens with one attached hydrogen (secondary N) is 1. The third-order valence-electron chi connectivity index (χ3n) is 4.67. The molecule has 1 saturated heterocycles. The van der Waals surface area contributed by atoms with Crippen molar-refractivity contribution in [3.05, 3.63) is 48.5 Å². The molecule has 1 fully saturated rings. The molecule has 3 heterocycles. The summed E-state index contributed by atoms with van der Waals surface area (Å²) >= 11 is 0. The smallest absolute Gasteiger partial charge is 0.756 e. The zero-order valence-electron chi connectivity index (χ0n) is 16.5. The van der Waals surface area contributed by atoms with Crippen LogP contribution in [0.2, 0.25) is 0 Å². The van der Waals surface area contributed by atoms with Gasteiger partial charge in [0.25, 0.3) is 7.82 Å². The molecule has 31 heavy (non-hydrogen) atoms. The van der Waals surface area contributed by atoms with Crippen LogP contribution in [0.15, 0.2) is 43.0 Å². The van der Waals surface area contributed by atoms with Crippen LogP contribution in [0.25, 0.3) is 11.2 Å². The summed E-state index contributed by atoms with van der Waals surface area (Å²) < 4.78 is 22.0. The van der Waals surface area contributed by atoms with Crippen LogP contribution >= 0.6 is 7.82 Å². The van der Waals surface area contributed by atoms with E-state index in [4.69, 9.17) is 9.63 Å². The number of benzene rings is 1. The van der Waals surface area contributed by atoms with E-state index in [0.717, 1.165) is 5.56 Å². The van der Waals surface area contributed by atoms with E-state index in [1.165, 1.54) is 17.2 Å². The average Bonchev–Trinajstić information content (AvgIpc) is 3.27. The quantitative estimate of drug-likeness (QED) is 0.204. The first-order valence-electron chi connectivity index (χ1n) is 8.99. The third-order valence-corrected chi connectivity index (χ3v) is 5.15. The van der Waals surface area contributed by atoms with Gasteiger partial charge < -0.3 is 34.6 Å². The van der Waals surface area contributed by atoms with Crippen LogP contribution in [0.4, 0.5) is 5.82 Å². The number of aliphatic hydroxyl groups is 2. The first kappa shape index (κ1) is 24.2. The molecule has 4 rings (SSSR count). The minimum Gasteiger partial charge on any atom is -0.756 e. The summed E-state index contributed by atoms with van der Waals surface area (Å²) in [6.45, 7) is -0.144. The number of imidazole rings is 1. The number of ether oxygens (including phenoxy) is 1. The fourth-order valence-electron chi connectivity index (χ4n) is 3.21. The summed E-state index contributed by atoms with van der Waals surface area (Å²) in [5, 5.41) is 23.7. The SMILES string of the molecule is O=P([O-])(O)OC[C@H]1O[C@@H](n2cnc3c(NCc4ccccc4)ncnc32)[C@H](O)[C@@H]1O.[Na+]. The molecule has 0 amide bonds. The number of phosphoric acid groups is 1. The minimum absolute atomic E-state index is 0. The maximum absolute atomic E-state index is 10.8. The molecule has 160 valence electrons. The molecule has 3 aromatic rings. The van der Waals surface area contributed by atoms with Crippen molar-refractivity contribution in [2.45, 2.75) is 31.1 Å². The fourth-order valence-corrected chi connectivity index (χ4v) is 3.55. The summed E-state index contributed by atoms with van der Waals surface area (Å²) in [7, 11) is -4.99. The first-order valence-corrected chi connectivity index (χ1v) is 10.5. The van der Waals surface area contributed by atoms with Gasteiger partial charge in [0.2, 0.25) is 0 Å². The number of anilines is 1. The summed E-state index contributed by atoms with van der Waals surface area (Å²) in [5.41, 5.74) is 1.82. The Kier molecular flexibility index (Phi) is 7.81. The van der Waals surface area contributed by atoms with E-state index < -0.39 is 39.0 Å². The molecule has 1 aliphatic rings. The molecule has 0 spiro atoms. The van der Waals surface area contributed by atoms with Crippen LogP contribution in [0, 0.1) is 0 Å². The average molecular weight is 459 g/mol. The van der Waals surface area contributed by atoms with Gasteiger partial charge in [-0.05, 0) is 5.56 Å². The molecule has 0 bridgehead atoms. The number of nitrogens with zero attached hydrogens (tertiary/aromatic N) is 4. The number of hydrogen-bond donors (Lipinski definition) is 4. The Hall–Kier alpha value is -1.44. The molecule has 12 nitrogen and oxygen atoms in total. The van der Waals surface area contributed by atoms with Gasteiger partial charge in [-0.3, -0.25) is 9.13 Å². The van der Waals surface area contributed by atoms with E-state index in [1.807, 2.05) is 30.3 Å². The Morgan fingerprint density at radius 2 is 1.94 bits per heavy atom. The van der Waals surface area contributed by atoms with E-state index in [2.05, 4.69) is 24.8 Å². The summed E-state index contributed by atoms with van der Waals surface area (Å²) in [6, 6.07) is 9.69. The molecular formula is C17H19N5NaO7P. The van der Waals surface area contributed by atoms with E-state index in [0.29, 0.717) is 23.5 Å². The molecule has 0 saturated carbocycles. The second-order valence-electron chi connectivity index (χ2n) is 6.70. The number of phosphoric ester groups is 1. The normalized spacial score (nSPS) is 25.2. The van der Waals surface area contributed by atoms with Crippen LogP contribution in [0.5, 0.6) is 0 Å². The van der Waals surface area contributed by atoms with Gasteiger partial charge >= 0.3 is 29.6 Å². The Morgan fingerprint density at radius 1 is 1.19 bits per heavy atom. The van der Waals surface area contributed by atoms with Gasteiger partial charge in [-0.15, -0.1) is 0 Å². The van der Waals surface area contributed by atoms with E-state index in [9.17, 15) is 19.7 Å². The summed E-state index contributed by atoms with van der Waals surface area (Å²) in [6.07, 6.45) is -2.44. The van der Waals surface area contributed by atoms with Gasteiger partial charge in [0.15, 0.2) is 23.2 Å². The standard InChI is InChI=1S/C17H20N5O7P.Na/c23-13-11(7-28-30(25,26)27)29-17(14(13)24)22-9-21-12-15(19-8-20-16(12)22)18-6-10-4-2-1-3-5-10;/h1-5,8-9,11,13-14,17,23-24H,6-7H2,(H,18,19,20)(H2,25,26,27);/q;+1/p-1/t11-,13-,14-,17-;/m1./s1. The predicted octanol–water partition coefficient (Wildman–Crippen LogP) is -3.46. The second-order valence-corrected chi connectivity index (χ2v) is 7.89. The van der Waals surface area contributed by atoms with Gasteiger partial charge in [-0.2, -0.15) is 0 Å². The van der Waals surface area contributed by atoms with Crippen LogP contribution < -0.4 is 39.8 Å². The number of rotatable bonds is 7. The van der Waals surface area contributed by atoms with Crippen molar-refractivity contribution in [1.29, 1.82) is 0 Å². The topological polar surface area (TPSA) is 175 Å². The molecule has 1 aliphatic heterocycles.